The van der Waals surface area contributed by atoms with Crippen LogP contribution >= 0.6 is 0 Å². The fourth-order valence-electron chi connectivity index (χ4n) is 14.3. The third-order valence-electron chi connectivity index (χ3n) is 20.3. The van der Waals surface area contributed by atoms with Gasteiger partial charge in [0.25, 0.3) is 0 Å². The van der Waals surface area contributed by atoms with Gasteiger partial charge in [0, 0.05) is 5.41 Å². The van der Waals surface area contributed by atoms with Crippen molar-refractivity contribution in [2.24, 2.45) is 5.41 Å². The summed E-state index contributed by atoms with van der Waals surface area (Å²) < 4.78 is 0. The van der Waals surface area contributed by atoms with E-state index >= 15 is 0 Å². The summed E-state index contributed by atoms with van der Waals surface area (Å²) >= 11 is 0. The van der Waals surface area contributed by atoms with E-state index in [0.29, 0.717) is 16.9 Å². The third kappa shape index (κ3) is 31.3. The van der Waals surface area contributed by atoms with Crippen LogP contribution in [0.25, 0.3) is 0 Å². The molecule has 0 amide bonds. The Morgan fingerprint density at radius 3 is 0.750 bits per heavy atom. The molecule has 2 unspecified atom stereocenters. The minimum Gasteiger partial charge on any atom is -0.508 e. The van der Waals surface area contributed by atoms with Gasteiger partial charge in [0.15, 0.2) is 0 Å². The third-order valence-corrected chi connectivity index (χ3v) is 20.3. The molecule has 0 aliphatic rings. The van der Waals surface area contributed by atoms with E-state index in [4.69, 9.17) is 0 Å². The van der Waals surface area contributed by atoms with Gasteiger partial charge in [-0.3, -0.25) is 0 Å². The van der Waals surface area contributed by atoms with Gasteiger partial charge in [-0.25, -0.2) is 0 Å². The lowest BCUT2D eigenvalue weighted by atomic mass is 9.61. The molecule has 0 aliphatic carbocycles. The van der Waals surface area contributed by atoms with Crippen molar-refractivity contribution >= 4 is 0 Å². The van der Waals surface area contributed by atoms with Crippen molar-refractivity contribution in [3.05, 3.63) is 57.6 Å². The van der Waals surface area contributed by atoms with E-state index in [0.717, 1.165) is 36.8 Å². The molecule has 80 heavy (non-hydrogen) atoms. The molecule has 2 aromatic carbocycles. The molecule has 0 saturated carbocycles. The number of aryl methyl sites for hydroxylation is 2. The summed E-state index contributed by atoms with van der Waals surface area (Å²) in [5, 5.41) is 23.6. The molecule has 2 nitrogen and oxygen atoms in total. The minimum absolute atomic E-state index is 0.212. The molecule has 2 aromatic rings. The standard InChI is InChI=1S/C78H142O2/c1-11-17-21-25-29-33-37-41-45-49-53-57-77(58-54-50-46-42-38-34-30-26-22-18-12-2,59-55-51-47-43-39-35-31-27-23-19-13-3)61-62-78(60-56-52-48-44-40-36-32-28-24-20-14-4,73-65-71(67(7)15-5)75(79)63-69(73)9)74-66-72(68(8)16-6)76(80)64-70(74)10/h63-68,79-80H,11-62H2,1-10H3. The molecule has 0 aliphatic heterocycles. The average Bonchev–Trinajstić information content (AvgIpc) is 3.58. The maximum Gasteiger partial charge on any atom is 0.119 e. The summed E-state index contributed by atoms with van der Waals surface area (Å²) in [6.07, 6.45) is 71.0. The Kier molecular flexibility index (Phi) is 44.8. The lowest BCUT2D eigenvalue weighted by Gasteiger charge is -2.43. The van der Waals surface area contributed by atoms with Crippen LogP contribution in [0.15, 0.2) is 24.3 Å². The van der Waals surface area contributed by atoms with Gasteiger partial charge in [-0.2, -0.15) is 0 Å². The maximum absolute atomic E-state index is 11.8. The molecule has 2 N–H and O–H groups in total. The van der Waals surface area contributed by atoms with Crippen molar-refractivity contribution in [1.29, 1.82) is 0 Å². The number of rotatable bonds is 57. The molecular weight excluding hydrogens is 969 g/mol. The van der Waals surface area contributed by atoms with E-state index in [9.17, 15) is 10.2 Å². The Morgan fingerprint density at radius 2 is 0.512 bits per heavy atom. The molecule has 0 aromatic heterocycles. The van der Waals surface area contributed by atoms with E-state index in [1.807, 2.05) is 0 Å². The lowest BCUT2D eigenvalue weighted by Crippen LogP contribution is -2.34. The number of aromatic hydroxyl groups is 2. The predicted molar refractivity (Wildman–Crippen MR) is 360 cm³/mol. The Labute approximate surface area is 502 Å². The van der Waals surface area contributed by atoms with Gasteiger partial charge in [0.2, 0.25) is 0 Å². The zero-order chi connectivity index (χ0) is 58.4. The molecule has 0 bridgehead atoms. The van der Waals surface area contributed by atoms with Gasteiger partial charge in [-0.15, -0.1) is 0 Å². The lowest BCUT2D eigenvalue weighted by molar-refractivity contribution is 0.158. The number of phenols is 2. The average molecular weight is 1110 g/mol. The maximum atomic E-state index is 11.8. The Balaban J connectivity index is 2.71. The quantitative estimate of drug-likeness (QED) is 0.0648. The van der Waals surface area contributed by atoms with Crippen molar-refractivity contribution in [1.82, 2.24) is 0 Å². The molecule has 2 heteroatoms. The van der Waals surface area contributed by atoms with Crippen LogP contribution in [0.3, 0.4) is 0 Å². The van der Waals surface area contributed by atoms with Crippen molar-refractivity contribution in [3.63, 3.8) is 0 Å². The van der Waals surface area contributed by atoms with Crippen LogP contribution in [-0.4, -0.2) is 10.2 Å². The van der Waals surface area contributed by atoms with Crippen LogP contribution in [0.5, 0.6) is 11.5 Å². The normalized spacial score (nSPS) is 13.6. The summed E-state index contributed by atoms with van der Waals surface area (Å²) in [4.78, 5) is 0. The number of phenolic OH excluding ortho intramolecular Hbond substituents is 2. The Hall–Kier alpha value is -1.96. The smallest absolute Gasteiger partial charge is 0.119 e. The highest BCUT2D eigenvalue weighted by atomic mass is 16.3. The van der Waals surface area contributed by atoms with Crippen molar-refractivity contribution in [2.75, 3.05) is 0 Å². The molecule has 0 saturated heterocycles. The Bertz CT molecular complexity index is 1590. The SMILES string of the molecule is CCCCCCCCCCCCCC(CCCCCCCCCCCCC)(CCCCCCCCCCCCC)CCC(CCCCCCCCCCCCC)(c1cc(C(C)CC)c(O)cc1C)c1cc(C(C)CC)c(O)cc1C. The number of hydrogen-bond donors (Lipinski definition) is 2. The number of unbranched alkanes of at least 4 members (excludes halogenated alkanes) is 40. The molecule has 0 fully saturated rings. The summed E-state index contributed by atoms with van der Waals surface area (Å²) in [6, 6.07) is 9.36. The monoisotopic (exact) mass is 1110 g/mol. The van der Waals surface area contributed by atoms with E-state index in [1.165, 1.54) is 330 Å². The first-order valence-electron chi connectivity index (χ1n) is 36.7. The van der Waals surface area contributed by atoms with Crippen LogP contribution in [-0.2, 0) is 5.41 Å². The molecule has 0 spiro atoms. The Morgan fingerprint density at radius 1 is 0.287 bits per heavy atom. The molecule has 466 valence electrons. The van der Waals surface area contributed by atoms with Crippen LogP contribution in [0.4, 0.5) is 0 Å². The van der Waals surface area contributed by atoms with Gasteiger partial charge in [0.1, 0.15) is 11.5 Å². The second-order valence-corrected chi connectivity index (χ2v) is 27.3. The van der Waals surface area contributed by atoms with Gasteiger partial charge >= 0.3 is 0 Å². The fraction of sp³-hybridized carbons (Fsp3) is 0.846. The van der Waals surface area contributed by atoms with Gasteiger partial charge in [-0.05, 0) is 128 Å². The van der Waals surface area contributed by atoms with Crippen LogP contribution < -0.4 is 0 Å². The van der Waals surface area contributed by atoms with Crippen LogP contribution in [0, 0.1) is 19.3 Å². The molecular formula is C78H142O2. The second kappa shape index (κ2) is 48.3. The predicted octanol–water partition coefficient (Wildman–Crippen LogP) is 27.6. The summed E-state index contributed by atoms with van der Waals surface area (Å²) in [5.74, 6) is 1.53. The molecule has 0 heterocycles. The summed E-state index contributed by atoms with van der Waals surface area (Å²) in [5.41, 5.74) is 7.81. The fourth-order valence-corrected chi connectivity index (χ4v) is 14.3. The molecule has 2 rings (SSSR count). The van der Waals surface area contributed by atoms with Gasteiger partial charge < -0.3 is 10.2 Å². The highest BCUT2D eigenvalue weighted by molar-refractivity contribution is 5.55. The van der Waals surface area contributed by atoms with E-state index in [-0.39, 0.29) is 17.3 Å². The second-order valence-electron chi connectivity index (χ2n) is 27.3. The van der Waals surface area contributed by atoms with E-state index in [1.54, 1.807) is 0 Å². The zero-order valence-electron chi connectivity index (χ0n) is 56.1. The summed E-state index contributed by atoms with van der Waals surface area (Å²) in [7, 11) is 0. The first-order chi connectivity index (χ1) is 39.0. The van der Waals surface area contributed by atoms with E-state index < -0.39 is 0 Å². The van der Waals surface area contributed by atoms with Crippen molar-refractivity contribution in [2.45, 2.75) is 420 Å². The minimum atomic E-state index is -0.212. The largest absolute Gasteiger partial charge is 0.508 e. The number of benzene rings is 2. The zero-order valence-corrected chi connectivity index (χ0v) is 56.1. The summed E-state index contributed by atoms with van der Waals surface area (Å²) in [6.45, 7) is 23.2. The first-order valence-corrected chi connectivity index (χ1v) is 36.7. The van der Waals surface area contributed by atoms with Crippen LogP contribution in [0.2, 0.25) is 0 Å². The van der Waals surface area contributed by atoms with E-state index in [2.05, 4.69) is 93.5 Å². The van der Waals surface area contributed by atoms with Crippen molar-refractivity contribution in [3.8, 4) is 11.5 Å². The van der Waals surface area contributed by atoms with Gasteiger partial charge in [-0.1, -0.05) is 350 Å². The van der Waals surface area contributed by atoms with Gasteiger partial charge in [0.05, 0.1) is 0 Å². The van der Waals surface area contributed by atoms with Crippen molar-refractivity contribution < 1.29 is 10.2 Å². The molecule has 2 atom stereocenters. The number of hydrogen-bond acceptors (Lipinski definition) is 2. The highest BCUT2D eigenvalue weighted by Crippen LogP contribution is 2.52. The molecule has 0 radical (unpaired) electrons. The van der Waals surface area contributed by atoms with Crippen LogP contribution in [0.1, 0.15) is 434 Å². The first kappa shape index (κ1) is 74.1. The highest BCUT2D eigenvalue weighted by Gasteiger charge is 2.41. The topological polar surface area (TPSA) is 40.5 Å².